The number of rotatable bonds is 2. The number of pyridine rings is 1. The first-order valence-corrected chi connectivity index (χ1v) is 4.98. The molecule has 80 valence electrons. The summed E-state index contributed by atoms with van der Waals surface area (Å²) in [6.45, 7) is 2.47. The van der Waals surface area contributed by atoms with Gasteiger partial charge in [0.15, 0.2) is 0 Å². The summed E-state index contributed by atoms with van der Waals surface area (Å²) in [7, 11) is 4.05. The molecule has 4 heteroatoms. The second-order valence-corrected chi connectivity index (χ2v) is 3.84. The lowest BCUT2D eigenvalue weighted by Gasteiger charge is -2.12. The topological polar surface area (TPSA) is 46.6 Å². The minimum atomic E-state index is 0.480. The van der Waals surface area contributed by atoms with Gasteiger partial charge >= 0.3 is 0 Å². The van der Waals surface area contributed by atoms with Gasteiger partial charge in [-0.3, -0.25) is 0 Å². The Balaban J connectivity index is 2.68. The van der Waals surface area contributed by atoms with Crippen LogP contribution < -0.4 is 10.6 Å². The molecule has 2 N–H and O–H groups in total. The fraction of sp³-hybridized carbons (Fsp3) is 0.364. The summed E-state index contributed by atoms with van der Waals surface area (Å²) in [6, 6.07) is 4.18. The van der Waals surface area contributed by atoms with E-state index in [0.717, 1.165) is 22.7 Å². The minimum Gasteiger partial charge on any atom is -0.378 e. The molecule has 2 rings (SSSR count). The van der Waals surface area contributed by atoms with Gasteiger partial charge in [-0.25, -0.2) is 4.98 Å². The van der Waals surface area contributed by atoms with Crippen molar-refractivity contribution in [3.63, 3.8) is 0 Å². The van der Waals surface area contributed by atoms with Crippen molar-refractivity contribution in [2.75, 3.05) is 19.0 Å². The van der Waals surface area contributed by atoms with Gasteiger partial charge in [0.25, 0.3) is 0 Å². The van der Waals surface area contributed by atoms with Gasteiger partial charge in [0.1, 0.15) is 5.82 Å². The Morgan fingerprint density at radius 3 is 2.80 bits per heavy atom. The summed E-state index contributed by atoms with van der Waals surface area (Å²) < 4.78 is 2.06. The molecular weight excluding hydrogens is 188 g/mol. The maximum absolute atomic E-state index is 5.67. The van der Waals surface area contributed by atoms with Gasteiger partial charge in [-0.15, -0.1) is 0 Å². The number of fused-ring (bicyclic) bond motifs is 1. The fourth-order valence-corrected chi connectivity index (χ4v) is 1.73. The largest absolute Gasteiger partial charge is 0.378 e. The normalized spacial score (nSPS) is 10.9. The Morgan fingerprint density at radius 2 is 2.20 bits per heavy atom. The Morgan fingerprint density at radius 1 is 1.47 bits per heavy atom. The van der Waals surface area contributed by atoms with Crippen molar-refractivity contribution in [1.29, 1.82) is 0 Å². The Labute approximate surface area is 89.3 Å². The SMILES string of the molecule is Cc1nc(CN)c2cc(N(C)C)ccn12. The number of nitrogens with two attached hydrogens (primary N) is 1. The first-order valence-electron chi connectivity index (χ1n) is 4.98. The van der Waals surface area contributed by atoms with Crippen molar-refractivity contribution < 1.29 is 0 Å². The van der Waals surface area contributed by atoms with Crippen LogP contribution >= 0.6 is 0 Å². The van der Waals surface area contributed by atoms with Crippen LogP contribution in [-0.2, 0) is 6.54 Å². The van der Waals surface area contributed by atoms with E-state index in [1.54, 1.807) is 0 Å². The minimum absolute atomic E-state index is 0.480. The molecule has 0 radical (unpaired) electrons. The Kier molecular flexibility index (Phi) is 2.36. The number of nitrogens with zero attached hydrogens (tertiary/aromatic N) is 3. The summed E-state index contributed by atoms with van der Waals surface area (Å²) in [5, 5.41) is 0. The summed E-state index contributed by atoms with van der Waals surface area (Å²) in [5.41, 5.74) is 8.88. The van der Waals surface area contributed by atoms with Crippen LogP contribution in [0.5, 0.6) is 0 Å². The van der Waals surface area contributed by atoms with Crippen LogP contribution in [0.2, 0.25) is 0 Å². The van der Waals surface area contributed by atoms with E-state index in [-0.39, 0.29) is 0 Å². The Hall–Kier alpha value is -1.55. The third-order valence-corrected chi connectivity index (χ3v) is 2.59. The highest BCUT2D eigenvalue weighted by Crippen LogP contribution is 2.19. The smallest absolute Gasteiger partial charge is 0.110 e. The second-order valence-electron chi connectivity index (χ2n) is 3.84. The zero-order valence-corrected chi connectivity index (χ0v) is 9.36. The zero-order chi connectivity index (χ0) is 11.0. The van der Waals surface area contributed by atoms with Gasteiger partial charge in [-0.1, -0.05) is 0 Å². The first kappa shape index (κ1) is 9.98. The predicted octanol–water partition coefficient (Wildman–Crippen LogP) is 1.17. The van der Waals surface area contributed by atoms with Crippen molar-refractivity contribution in [3.05, 3.63) is 29.8 Å². The van der Waals surface area contributed by atoms with Crippen LogP contribution in [0.4, 0.5) is 5.69 Å². The van der Waals surface area contributed by atoms with Gasteiger partial charge in [-0.2, -0.15) is 0 Å². The monoisotopic (exact) mass is 204 g/mol. The standard InChI is InChI=1S/C11H16N4/c1-8-13-10(7-12)11-6-9(14(2)3)4-5-15(8)11/h4-6H,7,12H2,1-3H3. The molecule has 0 bridgehead atoms. The molecule has 0 aliphatic carbocycles. The van der Waals surface area contributed by atoms with Crippen LogP contribution in [0.25, 0.3) is 5.52 Å². The molecule has 0 aliphatic heterocycles. The lowest BCUT2D eigenvalue weighted by molar-refractivity contribution is 0.990. The molecule has 0 fully saturated rings. The highest BCUT2D eigenvalue weighted by atomic mass is 15.1. The summed E-state index contributed by atoms with van der Waals surface area (Å²) >= 11 is 0. The first-order chi connectivity index (χ1) is 7.13. The lowest BCUT2D eigenvalue weighted by atomic mass is 10.3. The molecule has 0 spiro atoms. The van der Waals surface area contributed by atoms with Crippen molar-refractivity contribution in [2.24, 2.45) is 5.73 Å². The van der Waals surface area contributed by atoms with E-state index in [9.17, 15) is 0 Å². The van der Waals surface area contributed by atoms with Crippen molar-refractivity contribution in [1.82, 2.24) is 9.38 Å². The molecule has 0 saturated heterocycles. The van der Waals surface area contributed by atoms with Gasteiger partial charge in [-0.05, 0) is 19.1 Å². The molecule has 0 unspecified atom stereocenters. The molecular formula is C11H16N4. The average molecular weight is 204 g/mol. The molecule has 0 amide bonds. The third kappa shape index (κ3) is 1.57. The van der Waals surface area contributed by atoms with Crippen molar-refractivity contribution >= 4 is 11.2 Å². The molecule has 0 aliphatic rings. The highest BCUT2D eigenvalue weighted by Gasteiger charge is 2.07. The van der Waals surface area contributed by atoms with E-state index in [1.165, 1.54) is 0 Å². The van der Waals surface area contributed by atoms with Crippen LogP contribution in [0.3, 0.4) is 0 Å². The quantitative estimate of drug-likeness (QED) is 0.798. The van der Waals surface area contributed by atoms with Gasteiger partial charge in [0, 0.05) is 32.5 Å². The van der Waals surface area contributed by atoms with E-state index < -0.39 is 0 Å². The molecule has 2 heterocycles. The van der Waals surface area contributed by atoms with Crippen LogP contribution in [0.1, 0.15) is 11.5 Å². The maximum Gasteiger partial charge on any atom is 0.110 e. The summed E-state index contributed by atoms with van der Waals surface area (Å²) in [6.07, 6.45) is 2.03. The van der Waals surface area contributed by atoms with E-state index in [0.29, 0.717) is 6.54 Å². The predicted molar refractivity (Wildman–Crippen MR) is 62.1 cm³/mol. The number of imidazole rings is 1. The number of aromatic nitrogens is 2. The molecule has 0 atom stereocenters. The molecule has 0 aromatic carbocycles. The number of hydrogen-bond donors (Lipinski definition) is 1. The fourth-order valence-electron chi connectivity index (χ4n) is 1.73. The van der Waals surface area contributed by atoms with E-state index in [2.05, 4.69) is 26.4 Å². The zero-order valence-electron chi connectivity index (χ0n) is 9.36. The summed E-state index contributed by atoms with van der Waals surface area (Å²) in [4.78, 5) is 6.50. The summed E-state index contributed by atoms with van der Waals surface area (Å²) in [5.74, 6) is 0.982. The van der Waals surface area contributed by atoms with Gasteiger partial charge in [0.2, 0.25) is 0 Å². The van der Waals surface area contributed by atoms with Gasteiger partial charge in [0.05, 0.1) is 11.2 Å². The highest BCUT2D eigenvalue weighted by molar-refractivity contribution is 5.62. The average Bonchev–Trinajstić information content (AvgIpc) is 2.55. The molecule has 0 saturated carbocycles. The maximum atomic E-state index is 5.67. The number of aryl methyl sites for hydroxylation is 1. The lowest BCUT2D eigenvalue weighted by Crippen LogP contribution is -2.09. The molecule has 2 aromatic rings. The van der Waals surface area contributed by atoms with Crippen molar-refractivity contribution in [2.45, 2.75) is 13.5 Å². The van der Waals surface area contributed by atoms with Crippen LogP contribution in [-0.4, -0.2) is 23.5 Å². The van der Waals surface area contributed by atoms with Gasteiger partial charge < -0.3 is 15.0 Å². The molecule has 15 heavy (non-hydrogen) atoms. The van der Waals surface area contributed by atoms with E-state index >= 15 is 0 Å². The number of anilines is 1. The van der Waals surface area contributed by atoms with E-state index in [1.807, 2.05) is 27.2 Å². The Bertz CT molecular complexity index is 485. The third-order valence-electron chi connectivity index (χ3n) is 2.59. The molecule has 4 nitrogen and oxygen atoms in total. The second kappa shape index (κ2) is 3.55. The van der Waals surface area contributed by atoms with Crippen molar-refractivity contribution in [3.8, 4) is 0 Å². The number of hydrogen-bond acceptors (Lipinski definition) is 3. The molecule has 2 aromatic heterocycles. The van der Waals surface area contributed by atoms with Crippen LogP contribution in [0, 0.1) is 6.92 Å². The van der Waals surface area contributed by atoms with Crippen LogP contribution in [0.15, 0.2) is 18.3 Å². The van der Waals surface area contributed by atoms with E-state index in [4.69, 9.17) is 5.73 Å².